The zero-order valence-corrected chi connectivity index (χ0v) is 52.2. The second kappa shape index (κ2) is 67.5. The molecule has 1 unspecified atom stereocenters. The van der Waals surface area contributed by atoms with E-state index in [9.17, 15) is 14.4 Å². The van der Waals surface area contributed by atoms with Crippen LogP contribution in [0.3, 0.4) is 0 Å². The summed E-state index contributed by atoms with van der Waals surface area (Å²) in [5.41, 5.74) is 0. The van der Waals surface area contributed by atoms with Crippen LogP contribution in [-0.4, -0.2) is 37.2 Å². The molecule has 6 heteroatoms. The second-order valence-electron chi connectivity index (χ2n) is 21.2. The predicted octanol–water partition coefficient (Wildman–Crippen LogP) is 22.9. The quantitative estimate of drug-likeness (QED) is 0.0261. The minimum Gasteiger partial charge on any atom is -0.462 e. The van der Waals surface area contributed by atoms with E-state index in [1.165, 1.54) is 83.5 Å². The molecule has 0 aromatic carbocycles. The highest BCUT2D eigenvalue weighted by Gasteiger charge is 2.19. The molecule has 0 rings (SSSR count). The van der Waals surface area contributed by atoms with Gasteiger partial charge in [-0.2, -0.15) is 0 Å². The van der Waals surface area contributed by atoms with Crippen LogP contribution in [0, 0.1) is 0 Å². The third-order valence-corrected chi connectivity index (χ3v) is 13.5. The molecule has 0 bridgehead atoms. The zero-order chi connectivity index (χ0) is 58.5. The summed E-state index contributed by atoms with van der Waals surface area (Å²) in [5, 5.41) is 0. The molecule has 0 aliphatic carbocycles. The van der Waals surface area contributed by atoms with E-state index in [4.69, 9.17) is 14.2 Å². The number of rotatable bonds is 58. The van der Waals surface area contributed by atoms with Gasteiger partial charge in [-0.1, -0.05) is 275 Å². The average molecular weight is 1120 g/mol. The highest BCUT2D eigenvalue weighted by molar-refractivity contribution is 5.71. The van der Waals surface area contributed by atoms with Gasteiger partial charge in [-0.05, 0) is 141 Å². The Bertz CT molecular complexity index is 1810. The number of esters is 3. The first-order chi connectivity index (χ1) is 40.0. The molecule has 6 nitrogen and oxygen atoms in total. The Kier molecular flexibility index (Phi) is 63.4. The van der Waals surface area contributed by atoms with Gasteiger partial charge in [0.25, 0.3) is 0 Å². The van der Waals surface area contributed by atoms with Gasteiger partial charge < -0.3 is 14.2 Å². The molecule has 0 N–H and O–H groups in total. The van der Waals surface area contributed by atoms with Crippen LogP contribution >= 0.6 is 0 Å². The molecule has 0 aromatic heterocycles. The van der Waals surface area contributed by atoms with Crippen LogP contribution in [0.25, 0.3) is 0 Å². The maximum atomic E-state index is 12.9. The van der Waals surface area contributed by atoms with Crippen molar-refractivity contribution in [1.82, 2.24) is 0 Å². The van der Waals surface area contributed by atoms with Crippen LogP contribution in [0.4, 0.5) is 0 Å². The van der Waals surface area contributed by atoms with Crippen LogP contribution in [-0.2, 0) is 28.6 Å². The number of carbonyl (C=O) groups excluding carboxylic acids is 3. The summed E-state index contributed by atoms with van der Waals surface area (Å²) in [6, 6.07) is 0. The fourth-order valence-electron chi connectivity index (χ4n) is 8.69. The molecule has 1 atom stereocenters. The summed E-state index contributed by atoms with van der Waals surface area (Å²) in [5.74, 6) is -0.970. The van der Waals surface area contributed by atoms with Crippen LogP contribution < -0.4 is 0 Å². The molecule has 0 aliphatic rings. The lowest BCUT2D eigenvalue weighted by atomic mass is 10.0. The summed E-state index contributed by atoms with van der Waals surface area (Å²) in [6.45, 7) is 6.25. The van der Waals surface area contributed by atoms with Crippen LogP contribution in [0.5, 0.6) is 0 Å². The van der Waals surface area contributed by atoms with E-state index >= 15 is 0 Å². The first-order valence-corrected chi connectivity index (χ1v) is 33.0. The summed E-state index contributed by atoms with van der Waals surface area (Å²) in [4.78, 5) is 38.3. The molecular formula is C75H120O6. The lowest BCUT2D eigenvalue weighted by molar-refractivity contribution is -0.167. The summed E-state index contributed by atoms with van der Waals surface area (Å²) >= 11 is 0. The van der Waals surface area contributed by atoms with Crippen molar-refractivity contribution in [3.8, 4) is 0 Å². The van der Waals surface area contributed by atoms with Crippen LogP contribution in [0.2, 0.25) is 0 Å². The topological polar surface area (TPSA) is 78.9 Å². The lowest BCUT2D eigenvalue weighted by Gasteiger charge is -2.18. The summed E-state index contributed by atoms with van der Waals surface area (Å²) in [7, 11) is 0. The minimum atomic E-state index is -0.815. The Morgan fingerprint density at radius 3 is 0.704 bits per heavy atom. The molecule has 81 heavy (non-hydrogen) atoms. The summed E-state index contributed by atoms with van der Waals surface area (Å²) < 4.78 is 16.9. The van der Waals surface area contributed by atoms with E-state index in [0.29, 0.717) is 19.3 Å². The van der Waals surface area contributed by atoms with E-state index < -0.39 is 6.10 Å². The van der Waals surface area contributed by atoms with Gasteiger partial charge in [0.2, 0.25) is 0 Å². The smallest absolute Gasteiger partial charge is 0.306 e. The van der Waals surface area contributed by atoms with Gasteiger partial charge in [0.15, 0.2) is 6.10 Å². The number of unbranched alkanes of at least 4 members (excludes halogenated alkanes) is 21. The van der Waals surface area contributed by atoms with Crippen molar-refractivity contribution < 1.29 is 28.6 Å². The van der Waals surface area contributed by atoms with E-state index in [0.717, 1.165) is 148 Å². The molecule has 0 saturated carbocycles. The Hall–Kier alpha value is -4.97. The standard InChI is InChI=1S/C75H120O6/c1-4-7-10-13-16-19-22-25-27-29-31-32-33-34-35-36-37-38-39-40-41-42-44-45-47-50-53-56-59-62-65-68-74(77)80-71-72(70-79-73(76)67-64-61-58-55-52-49-24-21-18-15-12-9-6-3)81-75(78)69-66-63-60-57-54-51-48-46-43-30-28-26-23-20-17-14-11-8-5-2/h7-12,16-21,25-28,31-32,34-35,43,46,49,51-52,54,72H,4-6,13-15,22-24,29-30,33,36-42,44-45,47-48,50,53,55-71H2,1-3H3/b10-7-,11-8-,12-9-,19-16-,20-17-,21-18-,27-25-,28-26-,32-31-,35-34-,46-43-,52-49-,54-51-. The van der Waals surface area contributed by atoms with Crippen molar-refractivity contribution in [2.45, 2.75) is 284 Å². The monoisotopic (exact) mass is 1120 g/mol. The van der Waals surface area contributed by atoms with E-state index in [1.54, 1.807) is 0 Å². The van der Waals surface area contributed by atoms with Gasteiger partial charge in [0.1, 0.15) is 13.2 Å². The van der Waals surface area contributed by atoms with Gasteiger partial charge in [0.05, 0.1) is 0 Å². The predicted molar refractivity (Wildman–Crippen MR) is 352 cm³/mol. The molecule has 0 aliphatic heterocycles. The fourth-order valence-corrected chi connectivity index (χ4v) is 8.69. The molecule has 0 radical (unpaired) electrons. The molecule has 0 fully saturated rings. The Labute approximate surface area is 499 Å². The molecule has 456 valence electrons. The number of hydrogen-bond acceptors (Lipinski definition) is 6. The average Bonchev–Trinajstić information content (AvgIpc) is 3.46. The molecule has 0 heterocycles. The van der Waals surface area contributed by atoms with Crippen molar-refractivity contribution in [3.63, 3.8) is 0 Å². The maximum Gasteiger partial charge on any atom is 0.306 e. The Morgan fingerprint density at radius 1 is 0.247 bits per heavy atom. The number of hydrogen-bond donors (Lipinski definition) is 0. The van der Waals surface area contributed by atoms with Crippen molar-refractivity contribution in [3.05, 3.63) is 158 Å². The van der Waals surface area contributed by atoms with Gasteiger partial charge in [-0.15, -0.1) is 0 Å². The van der Waals surface area contributed by atoms with E-state index in [-0.39, 0.29) is 37.5 Å². The second-order valence-corrected chi connectivity index (χ2v) is 21.2. The minimum absolute atomic E-state index is 0.106. The molecular weight excluding hydrogens is 997 g/mol. The van der Waals surface area contributed by atoms with Crippen molar-refractivity contribution in [1.29, 1.82) is 0 Å². The highest BCUT2D eigenvalue weighted by atomic mass is 16.6. The molecule has 0 spiro atoms. The first kappa shape index (κ1) is 76.0. The SMILES string of the molecule is CC/C=C\C/C=C\C/C=C\C/C=C\C/C=C\CCCCCCCCCCCCCCCCCC(=O)OCC(COC(=O)CCCCC/C=C\C/C=C\C/C=C\CC)OC(=O)CCCCC/C=C\C/C=C\C/C=C\C/C=C\C/C=C\CC. The van der Waals surface area contributed by atoms with Crippen molar-refractivity contribution >= 4 is 17.9 Å². The Morgan fingerprint density at radius 2 is 0.444 bits per heavy atom. The van der Waals surface area contributed by atoms with Gasteiger partial charge in [0, 0.05) is 19.3 Å². The zero-order valence-electron chi connectivity index (χ0n) is 52.2. The highest BCUT2D eigenvalue weighted by Crippen LogP contribution is 2.16. The van der Waals surface area contributed by atoms with Gasteiger partial charge in [-0.25, -0.2) is 0 Å². The Balaban J connectivity index is 4.31. The normalized spacial score (nSPS) is 13.2. The van der Waals surface area contributed by atoms with Crippen molar-refractivity contribution in [2.75, 3.05) is 13.2 Å². The maximum absolute atomic E-state index is 12.9. The molecule has 0 saturated heterocycles. The number of allylic oxidation sites excluding steroid dienone is 26. The third kappa shape index (κ3) is 65.7. The lowest BCUT2D eigenvalue weighted by Crippen LogP contribution is -2.30. The van der Waals surface area contributed by atoms with Crippen LogP contribution in [0.1, 0.15) is 278 Å². The van der Waals surface area contributed by atoms with E-state index in [1.807, 2.05) is 0 Å². The fraction of sp³-hybridized carbons (Fsp3) is 0.613. The van der Waals surface area contributed by atoms with Crippen LogP contribution in [0.15, 0.2) is 158 Å². The molecule has 0 amide bonds. The van der Waals surface area contributed by atoms with E-state index in [2.05, 4.69) is 179 Å². The van der Waals surface area contributed by atoms with Gasteiger partial charge >= 0.3 is 17.9 Å². The number of ether oxygens (including phenoxy) is 3. The van der Waals surface area contributed by atoms with Crippen molar-refractivity contribution in [2.24, 2.45) is 0 Å². The first-order valence-electron chi connectivity index (χ1n) is 33.0. The largest absolute Gasteiger partial charge is 0.462 e. The summed E-state index contributed by atoms with van der Waals surface area (Å²) in [6.07, 6.45) is 98.4. The third-order valence-electron chi connectivity index (χ3n) is 13.5. The molecule has 0 aromatic rings. The van der Waals surface area contributed by atoms with Gasteiger partial charge in [-0.3, -0.25) is 14.4 Å². The number of carbonyl (C=O) groups is 3.